The molecule has 98 valence electrons. The molecule has 0 aliphatic carbocycles. The van der Waals surface area contributed by atoms with Gasteiger partial charge in [-0.1, -0.05) is 6.92 Å². The van der Waals surface area contributed by atoms with Gasteiger partial charge in [-0.25, -0.2) is 0 Å². The molecule has 5 nitrogen and oxygen atoms in total. The lowest BCUT2D eigenvalue weighted by Crippen LogP contribution is -2.49. The maximum absolute atomic E-state index is 9.31. The van der Waals surface area contributed by atoms with Gasteiger partial charge in [0.1, 0.15) is 17.5 Å². The molecule has 0 aromatic carbocycles. The second kappa shape index (κ2) is 4.99. The van der Waals surface area contributed by atoms with Crippen LogP contribution in [0.3, 0.4) is 0 Å². The predicted molar refractivity (Wildman–Crippen MR) is 69.5 cm³/mol. The van der Waals surface area contributed by atoms with Gasteiger partial charge in [-0.3, -0.25) is 4.68 Å². The Hall–Kier alpha value is -1.54. The zero-order valence-electron chi connectivity index (χ0n) is 11.5. The van der Waals surface area contributed by atoms with Crippen molar-refractivity contribution >= 4 is 5.82 Å². The summed E-state index contributed by atoms with van der Waals surface area (Å²) in [5.41, 5.74) is 1.48. The second-order valence-corrected chi connectivity index (χ2v) is 4.88. The lowest BCUT2D eigenvalue weighted by Gasteiger charge is -2.39. The Balaban J connectivity index is 2.42. The quantitative estimate of drug-likeness (QED) is 0.797. The van der Waals surface area contributed by atoms with E-state index in [0.29, 0.717) is 18.2 Å². The van der Waals surface area contributed by atoms with Crippen molar-refractivity contribution in [3.05, 3.63) is 11.3 Å². The van der Waals surface area contributed by atoms with Crippen molar-refractivity contribution in [3.8, 4) is 6.07 Å². The maximum atomic E-state index is 9.31. The van der Waals surface area contributed by atoms with Crippen LogP contribution in [0.25, 0.3) is 0 Å². The van der Waals surface area contributed by atoms with Crippen molar-refractivity contribution in [2.45, 2.75) is 39.3 Å². The van der Waals surface area contributed by atoms with E-state index in [-0.39, 0.29) is 6.10 Å². The van der Waals surface area contributed by atoms with E-state index in [0.717, 1.165) is 24.5 Å². The largest absolute Gasteiger partial charge is 0.375 e. The van der Waals surface area contributed by atoms with Crippen molar-refractivity contribution in [2.24, 2.45) is 7.05 Å². The molecule has 1 fully saturated rings. The van der Waals surface area contributed by atoms with Gasteiger partial charge < -0.3 is 9.64 Å². The molecule has 0 spiro atoms. The molecule has 0 radical (unpaired) electrons. The molecule has 18 heavy (non-hydrogen) atoms. The summed E-state index contributed by atoms with van der Waals surface area (Å²) in [6, 6.07) is 2.60. The highest BCUT2D eigenvalue weighted by molar-refractivity contribution is 5.57. The fraction of sp³-hybridized carbons (Fsp3) is 0.692. The Morgan fingerprint density at radius 3 is 2.89 bits per heavy atom. The predicted octanol–water partition coefficient (Wildman–Crippen LogP) is 1.60. The molecule has 0 saturated carbocycles. The summed E-state index contributed by atoms with van der Waals surface area (Å²) in [6.07, 6.45) is 1.19. The zero-order valence-corrected chi connectivity index (χ0v) is 11.5. The van der Waals surface area contributed by atoms with Gasteiger partial charge in [0.05, 0.1) is 24.4 Å². The Labute approximate surface area is 108 Å². The number of nitriles is 1. The van der Waals surface area contributed by atoms with E-state index in [9.17, 15) is 5.26 Å². The Morgan fingerprint density at radius 1 is 1.56 bits per heavy atom. The summed E-state index contributed by atoms with van der Waals surface area (Å²) in [4.78, 5) is 2.27. The van der Waals surface area contributed by atoms with Crippen molar-refractivity contribution in [2.75, 3.05) is 18.1 Å². The van der Waals surface area contributed by atoms with Crippen LogP contribution in [0, 0.1) is 18.3 Å². The van der Waals surface area contributed by atoms with Gasteiger partial charge in [0, 0.05) is 13.6 Å². The highest BCUT2D eigenvalue weighted by atomic mass is 16.5. The number of anilines is 1. The summed E-state index contributed by atoms with van der Waals surface area (Å²) in [7, 11) is 1.90. The lowest BCUT2D eigenvalue weighted by molar-refractivity contribution is 0.0293. The molecule has 0 bridgehead atoms. The van der Waals surface area contributed by atoms with Crippen LogP contribution in [-0.4, -0.2) is 35.1 Å². The number of nitrogens with zero attached hydrogens (tertiary/aromatic N) is 4. The number of ether oxygens (including phenoxy) is 1. The zero-order chi connectivity index (χ0) is 13.3. The molecule has 2 heterocycles. The Bertz CT molecular complexity index is 474. The molecule has 0 N–H and O–H groups in total. The SMILES string of the molecule is CCC1COC(C)CN1c1c(C#N)c(C)nn1C. The van der Waals surface area contributed by atoms with E-state index in [4.69, 9.17) is 4.74 Å². The Kier molecular flexibility index (Phi) is 3.58. The van der Waals surface area contributed by atoms with Crippen LogP contribution in [0.5, 0.6) is 0 Å². The van der Waals surface area contributed by atoms with Crippen molar-refractivity contribution < 1.29 is 4.74 Å². The van der Waals surface area contributed by atoms with E-state index in [1.807, 2.05) is 18.7 Å². The number of hydrogen-bond donors (Lipinski definition) is 0. The summed E-state index contributed by atoms with van der Waals surface area (Å²) in [6.45, 7) is 7.62. The summed E-state index contributed by atoms with van der Waals surface area (Å²) in [5, 5.41) is 13.7. The molecule has 2 unspecified atom stereocenters. The van der Waals surface area contributed by atoms with E-state index >= 15 is 0 Å². The molecule has 2 atom stereocenters. The summed E-state index contributed by atoms with van der Waals surface area (Å²) >= 11 is 0. The first-order valence-corrected chi connectivity index (χ1v) is 6.40. The minimum Gasteiger partial charge on any atom is -0.375 e. The van der Waals surface area contributed by atoms with E-state index in [1.165, 1.54) is 0 Å². The average Bonchev–Trinajstić information content (AvgIpc) is 2.63. The molecule has 1 aromatic heterocycles. The first-order chi connectivity index (χ1) is 8.58. The van der Waals surface area contributed by atoms with Gasteiger partial charge in [-0.2, -0.15) is 10.4 Å². The van der Waals surface area contributed by atoms with E-state index < -0.39 is 0 Å². The monoisotopic (exact) mass is 248 g/mol. The molecule has 1 aliphatic rings. The van der Waals surface area contributed by atoms with Crippen LogP contribution in [0.15, 0.2) is 0 Å². The number of aryl methyl sites for hydroxylation is 2. The number of hydrogen-bond acceptors (Lipinski definition) is 4. The lowest BCUT2D eigenvalue weighted by atomic mass is 10.1. The first-order valence-electron chi connectivity index (χ1n) is 6.40. The van der Waals surface area contributed by atoms with Gasteiger partial charge in [0.15, 0.2) is 0 Å². The summed E-state index contributed by atoms with van der Waals surface area (Å²) in [5.74, 6) is 0.928. The van der Waals surface area contributed by atoms with Crippen LogP contribution in [-0.2, 0) is 11.8 Å². The third kappa shape index (κ3) is 2.08. The van der Waals surface area contributed by atoms with Gasteiger partial charge >= 0.3 is 0 Å². The third-order valence-corrected chi connectivity index (χ3v) is 3.51. The van der Waals surface area contributed by atoms with Crippen LogP contribution in [0.4, 0.5) is 5.82 Å². The standard InChI is InChI=1S/C13H20N4O/c1-5-11-8-18-9(2)7-17(11)13-12(6-14)10(3)15-16(13)4/h9,11H,5,7-8H2,1-4H3. The van der Waals surface area contributed by atoms with Gasteiger partial charge in [-0.15, -0.1) is 0 Å². The maximum Gasteiger partial charge on any atom is 0.145 e. The molecule has 5 heteroatoms. The number of rotatable bonds is 2. The fourth-order valence-corrected chi connectivity index (χ4v) is 2.55. The van der Waals surface area contributed by atoms with Crippen molar-refractivity contribution in [1.29, 1.82) is 5.26 Å². The van der Waals surface area contributed by atoms with Crippen LogP contribution in [0.1, 0.15) is 31.5 Å². The van der Waals surface area contributed by atoms with Gasteiger partial charge in [0.25, 0.3) is 0 Å². The highest BCUT2D eigenvalue weighted by Gasteiger charge is 2.30. The normalized spacial score (nSPS) is 24.1. The highest BCUT2D eigenvalue weighted by Crippen LogP contribution is 2.28. The van der Waals surface area contributed by atoms with Crippen molar-refractivity contribution in [3.63, 3.8) is 0 Å². The molecule has 2 rings (SSSR count). The van der Waals surface area contributed by atoms with Crippen LogP contribution < -0.4 is 4.90 Å². The smallest absolute Gasteiger partial charge is 0.145 e. The number of morpholine rings is 1. The van der Waals surface area contributed by atoms with E-state index in [2.05, 4.69) is 29.9 Å². The Morgan fingerprint density at radius 2 is 2.28 bits per heavy atom. The van der Waals surface area contributed by atoms with Crippen LogP contribution >= 0.6 is 0 Å². The fourth-order valence-electron chi connectivity index (χ4n) is 2.55. The van der Waals surface area contributed by atoms with Gasteiger partial charge in [-0.05, 0) is 20.3 Å². The summed E-state index contributed by atoms with van der Waals surface area (Å²) < 4.78 is 7.51. The van der Waals surface area contributed by atoms with Gasteiger partial charge in [0.2, 0.25) is 0 Å². The molecule has 0 amide bonds. The second-order valence-electron chi connectivity index (χ2n) is 4.88. The molecular weight excluding hydrogens is 228 g/mol. The first kappa shape index (κ1) is 12.9. The number of aromatic nitrogens is 2. The molecule has 1 aromatic rings. The molecular formula is C13H20N4O. The topological polar surface area (TPSA) is 54.1 Å². The minimum absolute atomic E-state index is 0.189. The van der Waals surface area contributed by atoms with Crippen molar-refractivity contribution in [1.82, 2.24) is 9.78 Å². The minimum atomic E-state index is 0.189. The third-order valence-electron chi connectivity index (χ3n) is 3.51. The average molecular weight is 248 g/mol. The van der Waals surface area contributed by atoms with Crippen LogP contribution in [0.2, 0.25) is 0 Å². The molecule has 1 aliphatic heterocycles. The van der Waals surface area contributed by atoms with E-state index in [1.54, 1.807) is 0 Å². The molecule has 1 saturated heterocycles.